The van der Waals surface area contributed by atoms with Crippen molar-refractivity contribution in [2.24, 2.45) is 0 Å². The molecule has 128 valence electrons. The third-order valence-electron chi connectivity index (χ3n) is 3.40. The summed E-state index contributed by atoms with van der Waals surface area (Å²) in [7, 11) is 0. The molecule has 0 aliphatic carbocycles. The zero-order valence-corrected chi connectivity index (χ0v) is 14.9. The summed E-state index contributed by atoms with van der Waals surface area (Å²) in [5.41, 5.74) is 3.58. The first-order valence-electron chi connectivity index (χ1n) is 7.97. The number of anilines is 3. The lowest BCUT2D eigenvalue weighted by molar-refractivity contribution is -0.114. The zero-order chi connectivity index (χ0) is 17.6. The molecule has 0 radical (unpaired) electrons. The van der Waals surface area contributed by atoms with Gasteiger partial charge in [0.25, 0.3) is 0 Å². The van der Waals surface area contributed by atoms with Gasteiger partial charge in [-0.2, -0.15) is 0 Å². The highest BCUT2D eigenvalue weighted by Gasteiger charge is 2.06. The van der Waals surface area contributed by atoms with E-state index < -0.39 is 0 Å². The average Bonchev–Trinajstić information content (AvgIpc) is 3.04. The fraction of sp³-hybridized carbons (Fsp3) is 0.158. The summed E-state index contributed by atoms with van der Waals surface area (Å²) < 4.78 is 5.46. The van der Waals surface area contributed by atoms with E-state index in [1.165, 1.54) is 18.3 Å². The summed E-state index contributed by atoms with van der Waals surface area (Å²) in [6, 6.07) is 15.4. The van der Waals surface area contributed by atoms with Gasteiger partial charge in [-0.1, -0.05) is 6.07 Å². The maximum atomic E-state index is 11.2. The molecule has 0 fully saturated rings. The number of benzene rings is 2. The Labute approximate surface area is 150 Å². The number of hydrogen-bond acceptors (Lipinski definition) is 5. The van der Waals surface area contributed by atoms with Gasteiger partial charge in [0.15, 0.2) is 5.13 Å². The van der Waals surface area contributed by atoms with E-state index in [9.17, 15) is 4.79 Å². The Morgan fingerprint density at radius 3 is 2.64 bits per heavy atom. The lowest BCUT2D eigenvalue weighted by Crippen LogP contribution is -2.05. The molecule has 0 spiro atoms. The van der Waals surface area contributed by atoms with Crippen molar-refractivity contribution >= 4 is 33.8 Å². The molecule has 2 N–H and O–H groups in total. The lowest BCUT2D eigenvalue weighted by Gasteiger charge is -2.06. The largest absolute Gasteiger partial charge is 0.494 e. The number of aromatic nitrogens is 1. The monoisotopic (exact) mass is 353 g/mol. The summed E-state index contributed by atoms with van der Waals surface area (Å²) in [6.45, 7) is 4.11. The molecule has 0 saturated heterocycles. The Morgan fingerprint density at radius 1 is 1.16 bits per heavy atom. The number of rotatable bonds is 6. The maximum Gasteiger partial charge on any atom is 0.221 e. The Hall–Kier alpha value is -2.86. The van der Waals surface area contributed by atoms with E-state index >= 15 is 0 Å². The fourth-order valence-electron chi connectivity index (χ4n) is 2.35. The normalized spacial score (nSPS) is 10.3. The molecule has 25 heavy (non-hydrogen) atoms. The second-order valence-electron chi connectivity index (χ2n) is 5.38. The lowest BCUT2D eigenvalue weighted by atomic mass is 10.2. The van der Waals surface area contributed by atoms with Crippen LogP contribution in [0.1, 0.15) is 13.8 Å². The predicted octanol–water partition coefficient (Wildman–Crippen LogP) is 4.91. The van der Waals surface area contributed by atoms with Gasteiger partial charge < -0.3 is 15.4 Å². The van der Waals surface area contributed by atoms with Gasteiger partial charge in [0.2, 0.25) is 5.91 Å². The topological polar surface area (TPSA) is 63.2 Å². The van der Waals surface area contributed by atoms with Crippen molar-refractivity contribution < 1.29 is 9.53 Å². The summed E-state index contributed by atoms with van der Waals surface area (Å²) in [5, 5.41) is 8.85. The molecule has 0 bridgehead atoms. The highest BCUT2D eigenvalue weighted by Crippen LogP contribution is 2.29. The Balaban J connectivity index is 1.72. The number of ether oxygens (including phenoxy) is 1. The van der Waals surface area contributed by atoms with E-state index in [1.807, 2.05) is 60.8 Å². The molecule has 5 nitrogen and oxygen atoms in total. The maximum absolute atomic E-state index is 11.2. The van der Waals surface area contributed by atoms with Crippen molar-refractivity contribution in [3.05, 3.63) is 53.9 Å². The SMILES string of the molecule is CCOc1ccc(-c2csc(Nc3cccc(NC(C)=O)c3)n2)cc1. The fourth-order valence-corrected chi connectivity index (χ4v) is 3.09. The highest BCUT2D eigenvalue weighted by atomic mass is 32.1. The number of amides is 1. The smallest absolute Gasteiger partial charge is 0.221 e. The molecule has 6 heteroatoms. The molecule has 3 rings (SSSR count). The third-order valence-corrected chi connectivity index (χ3v) is 4.16. The molecular weight excluding hydrogens is 334 g/mol. The van der Waals surface area contributed by atoms with Gasteiger partial charge in [-0.05, 0) is 49.4 Å². The van der Waals surface area contributed by atoms with Crippen molar-refractivity contribution in [3.63, 3.8) is 0 Å². The van der Waals surface area contributed by atoms with Gasteiger partial charge in [0.05, 0.1) is 12.3 Å². The number of nitrogens with one attached hydrogen (secondary N) is 2. The first-order chi connectivity index (χ1) is 12.1. The van der Waals surface area contributed by atoms with Crippen LogP contribution in [0.15, 0.2) is 53.9 Å². The van der Waals surface area contributed by atoms with E-state index in [0.717, 1.165) is 33.5 Å². The molecule has 2 aromatic carbocycles. The minimum absolute atomic E-state index is 0.0933. The summed E-state index contributed by atoms with van der Waals surface area (Å²) in [5.74, 6) is 0.763. The average molecular weight is 353 g/mol. The van der Waals surface area contributed by atoms with Crippen molar-refractivity contribution in [2.75, 3.05) is 17.2 Å². The molecule has 1 aromatic heterocycles. The molecule has 3 aromatic rings. The minimum atomic E-state index is -0.0933. The van der Waals surface area contributed by atoms with Crippen LogP contribution < -0.4 is 15.4 Å². The summed E-state index contributed by atoms with van der Waals surface area (Å²) >= 11 is 1.53. The number of thiazole rings is 1. The number of hydrogen-bond donors (Lipinski definition) is 2. The van der Waals surface area contributed by atoms with E-state index in [0.29, 0.717) is 6.61 Å². The van der Waals surface area contributed by atoms with E-state index in [-0.39, 0.29) is 5.91 Å². The molecule has 0 aliphatic rings. The third kappa shape index (κ3) is 4.58. The van der Waals surface area contributed by atoms with Crippen molar-refractivity contribution in [3.8, 4) is 17.0 Å². The summed E-state index contributed by atoms with van der Waals surface area (Å²) in [4.78, 5) is 15.8. The van der Waals surface area contributed by atoms with E-state index in [1.54, 1.807) is 0 Å². The van der Waals surface area contributed by atoms with Crippen LogP contribution in [0.25, 0.3) is 11.3 Å². The Kier molecular flexibility index (Phi) is 5.30. The highest BCUT2D eigenvalue weighted by molar-refractivity contribution is 7.14. The quantitative estimate of drug-likeness (QED) is 0.661. The number of nitrogens with zero attached hydrogens (tertiary/aromatic N) is 1. The Bertz CT molecular complexity index is 859. The molecule has 1 heterocycles. The first kappa shape index (κ1) is 17.0. The van der Waals surface area contributed by atoms with Crippen molar-refractivity contribution in [1.82, 2.24) is 4.98 Å². The van der Waals surface area contributed by atoms with Gasteiger partial charge in [-0.3, -0.25) is 4.79 Å². The number of carbonyl (C=O) groups excluding carboxylic acids is 1. The first-order valence-corrected chi connectivity index (χ1v) is 8.85. The molecule has 0 atom stereocenters. The molecule has 0 aliphatic heterocycles. The molecule has 0 unspecified atom stereocenters. The zero-order valence-electron chi connectivity index (χ0n) is 14.1. The van der Waals surface area contributed by atoms with Gasteiger partial charge in [0, 0.05) is 29.2 Å². The summed E-state index contributed by atoms with van der Waals surface area (Å²) in [6.07, 6.45) is 0. The predicted molar refractivity (Wildman–Crippen MR) is 103 cm³/mol. The Morgan fingerprint density at radius 2 is 1.92 bits per heavy atom. The van der Waals surface area contributed by atoms with E-state index in [2.05, 4.69) is 15.6 Å². The van der Waals surface area contributed by atoms with Crippen LogP contribution in [0.2, 0.25) is 0 Å². The second-order valence-corrected chi connectivity index (χ2v) is 6.24. The van der Waals surface area contributed by atoms with Crippen LogP contribution in [0, 0.1) is 0 Å². The van der Waals surface area contributed by atoms with Crippen LogP contribution >= 0.6 is 11.3 Å². The van der Waals surface area contributed by atoms with Crippen LogP contribution in [0.5, 0.6) is 5.75 Å². The van der Waals surface area contributed by atoms with Gasteiger partial charge in [0.1, 0.15) is 5.75 Å². The van der Waals surface area contributed by atoms with Gasteiger partial charge >= 0.3 is 0 Å². The van der Waals surface area contributed by atoms with Gasteiger partial charge in [-0.15, -0.1) is 11.3 Å². The van der Waals surface area contributed by atoms with Gasteiger partial charge in [-0.25, -0.2) is 4.98 Å². The van der Waals surface area contributed by atoms with Crippen LogP contribution in [-0.2, 0) is 4.79 Å². The molecule has 0 saturated carbocycles. The number of carbonyl (C=O) groups is 1. The standard InChI is InChI=1S/C19H19N3O2S/c1-3-24-17-9-7-14(8-10-17)18-12-25-19(22-18)21-16-6-4-5-15(11-16)20-13(2)23/h4-12H,3H2,1-2H3,(H,20,23)(H,21,22). The molecular formula is C19H19N3O2S. The van der Waals surface area contributed by atoms with Crippen molar-refractivity contribution in [2.45, 2.75) is 13.8 Å². The van der Waals surface area contributed by atoms with E-state index in [4.69, 9.17) is 4.74 Å². The van der Waals surface area contributed by atoms with Crippen LogP contribution in [0.4, 0.5) is 16.5 Å². The van der Waals surface area contributed by atoms with Crippen molar-refractivity contribution in [1.29, 1.82) is 0 Å². The van der Waals surface area contributed by atoms with Crippen LogP contribution in [0.3, 0.4) is 0 Å². The molecule has 1 amide bonds. The second kappa shape index (κ2) is 7.81. The van der Waals surface area contributed by atoms with Crippen LogP contribution in [-0.4, -0.2) is 17.5 Å². The minimum Gasteiger partial charge on any atom is -0.494 e.